The van der Waals surface area contributed by atoms with Gasteiger partial charge in [0, 0.05) is 0 Å². The minimum Gasteiger partial charge on any atom is -0.492 e. The van der Waals surface area contributed by atoms with Crippen LogP contribution in [0.25, 0.3) is 0 Å². The van der Waals surface area contributed by atoms with Crippen molar-refractivity contribution < 1.29 is 32.2 Å². The Bertz CT molecular complexity index is 463. The number of alkyl halides is 3. The predicted molar refractivity (Wildman–Crippen MR) is 64.3 cm³/mol. The Balaban J connectivity index is 2.49. The molecular formula is C12H14F3NO4. The van der Waals surface area contributed by atoms with E-state index in [4.69, 9.17) is 10.5 Å². The average Bonchev–Trinajstić information content (AvgIpc) is 2.36. The molecule has 0 aliphatic rings. The normalized spacial score (nSPS) is 11.2. The number of nitrogen functional groups attached to an aromatic ring is 1. The molecule has 0 aliphatic carbocycles. The number of nitrogens with two attached hydrogens (primary N) is 1. The minimum absolute atomic E-state index is 0.123. The van der Waals surface area contributed by atoms with Crippen molar-refractivity contribution in [2.45, 2.75) is 13.3 Å². The van der Waals surface area contributed by atoms with E-state index < -0.39 is 25.5 Å². The molecule has 0 fully saturated rings. The van der Waals surface area contributed by atoms with Gasteiger partial charge in [-0.3, -0.25) is 4.74 Å². The number of ether oxygens (including phenoxy) is 3. The van der Waals surface area contributed by atoms with Crippen LogP contribution in [0, 0.1) is 0 Å². The number of esters is 1. The summed E-state index contributed by atoms with van der Waals surface area (Å²) in [6, 6.07) is 4.23. The molecular weight excluding hydrogens is 279 g/mol. The van der Waals surface area contributed by atoms with Gasteiger partial charge in [0.2, 0.25) is 0 Å². The fourth-order valence-corrected chi connectivity index (χ4v) is 1.34. The molecule has 0 heterocycles. The van der Waals surface area contributed by atoms with Crippen LogP contribution in [-0.2, 0) is 9.47 Å². The Morgan fingerprint density at radius 2 is 2.00 bits per heavy atom. The Morgan fingerprint density at radius 3 is 2.55 bits per heavy atom. The number of carbonyl (C=O) groups excluding carboxylic acids is 1. The maximum atomic E-state index is 11.7. The van der Waals surface area contributed by atoms with Crippen LogP contribution in [0.3, 0.4) is 0 Å². The maximum Gasteiger partial charge on any atom is 0.522 e. The monoisotopic (exact) mass is 293 g/mol. The van der Waals surface area contributed by atoms with Crippen molar-refractivity contribution >= 4 is 11.7 Å². The van der Waals surface area contributed by atoms with Crippen molar-refractivity contribution in [3.05, 3.63) is 23.8 Å². The molecule has 0 bridgehead atoms. The van der Waals surface area contributed by atoms with Gasteiger partial charge in [0.05, 0.1) is 24.5 Å². The molecule has 0 aliphatic heterocycles. The summed E-state index contributed by atoms with van der Waals surface area (Å²) in [5.41, 5.74) is 6.02. The fraction of sp³-hybridized carbons (Fsp3) is 0.417. The summed E-state index contributed by atoms with van der Waals surface area (Å²) in [6.07, 6.45) is -4.74. The second-order valence-corrected chi connectivity index (χ2v) is 3.62. The van der Waals surface area contributed by atoms with E-state index in [9.17, 15) is 18.0 Å². The van der Waals surface area contributed by atoms with Crippen LogP contribution >= 0.6 is 0 Å². The molecule has 0 saturated carbocycles. The van der Waals surface area contributed by atoms with Crippen LogP contribution in [0.4, 0.5) is 18.9 Å². The van der Waals surface area contributed by atoms with Gasteiger partial charge in [0.15, 0.2) is 0 Å². The second-order valence-electron chi connectivity index (χ2n) is 3.62. The summed E-state index contributed by atoms with van der Waals surface area (Å²) in [5.74, 6) is -0.366. The lowest BCUT2D eigenvalue weighted by Gasteiger charge is -2.10. The first-order chi connectivity index (χ1) is 9.33. The molecule has 0 saturated heterocycles. The summed E-state index contributed by atoms with van der Waals surface area (Å²) >= 11 is 0. The third kappa shape index (κ3) is 5.35. The molecule has 0 aromatic heterocycles. The van der Waals surface area contributed by atoms with Crippen molar-refractivity contribution in [2.75, 3.05) is 25.6 Å². The molecule has 0 unspecified atom stereocenters. The van der Waals surface area contributed by atoms with Gasteiger partial charge in [0.25, 0.3) is 0 Å². The van der Waals surface area contributed by atoms with Crippen molar-refractivity contribution in [3.8, 4) is 5.75 Å². The van der Waals surface area contributed by atoms with Crippen LogP contribution < -0.4 is 10.5 Å². The van der Waals surface area contributed by atoms with E-state index >= 15 is 0 Å². The molecule has 20 heavy (non-hydrogen) atoms. The minimum atomic E-state index is -4.74. The molecule has 1 aromatic rings. The molecule has 1 aromatic carbocycles. The van der Waals surface area contributed by atoms with Gasteiger partial charge in [-0.1, -0.05) is 0 Å². The van der Waals surface area contributed by atoms with E-state index in [0.29, 0.717) is 12.4 Å². The molecule has 112 valence electrons. The Kier molecular flexibility index (Phi) is 5.63. The molecule has 1 rings (SSSR count). The van der Waals surface area contributed by atoms with Gasteiger partial charge in [0.1, 0.15) is 12.4 Å². The first kappa shape index (κ1) is 16.1. The largest absolute Gasteiger partial charge is 0.522 e. The number of hydrogen-bond donors (Lipinski definition) is 1. The Labute approximate surface area is 113 Å². The lowest BCUT2D eigenvalue weighted by atomic mass is 10.2. The zero-order valence-electron chi connectivity index (χ0n) is 10.7. The SMILES string of the molecule is CCOc1ccc(C(=O)OCCOC(F)(F)F)cc1N. The van der Waals surface area contributed by atoms with Gasteiger partial charge >= 0.3 is 12.3 Å². The van der Waals surface area contributed by atoms with Crippen molar-refractivity contribution in [1.29, 1.82) is 0 Å². The van der Waals surface area contributed by atoms with Crippen LogP contribution in [-0.4, -0.2) is 32.2 Å². The number of carbonyl (C=O) groups is 1. The number of anilines is 1. The highest BCUT2D eigenvalue weighted by Gasteiger charge is 2.28. The average molecular weight is 293 g/mol. The van der Waals surface area contributed by atoms with Crippen LogP contribution in [0.2, 0.25) is 0 Å². The highest BCUT2D eigenvalue weighted by molar-refractivity contribution is 5.91. The summed E-state index contributed by atoms with van der Waals surface area (Å²) in [5, 5.41) is 0. The summed E-state index contributed by atoms with van der Waals surface area (Å²) in [7, 11) is 0. The molecule has 0 spiro atoms. The third-order valence-electron chi connectivity index (χ3n) is 2.13. The van der Waals surface area contributed by atoms with E-state index in [1.165, 1.54) is 18.2 Å². The smallest absolute Gasteiger partial charge is 0.492 e. The Hall–Kier alpha value is -1.96. The molecule has 0 amide bonds. The van der Waals surface area contributed by atoms with Gasteiger partial charge in [-0.15, -0.1) is 13.2 Å². The number of halogens is 3. The second kappa shape index (κ2) is 6.99. The van der Waals surface area contributed by atoms with Gasteiger partial charge in [-0.2, -0.15) is 0 Å². The van der Waals surface area contributed by atoms with E-state index in [2.05, 4.69) is 9.47 Å². The zero-order chi connectivity index (χ0) is 15.2. The first-order valence-corrected chi connectivity index (χ1v) is 5.73. The lowest BCUT2D eigenvalue weighted by Crippen LogP contribution is -2.18. The Morgan fingerprint density at radius 1 is 1.30 bits per heavy atom. The molecule has 0 atom stereocenters. The maximum absolute atomic E-state index is 11.7. The molecule has 2 N–H and O–H groups in total. The van der Waals surface area contributed by atoms with E-state index in [-0.39, 0.29) is 11.3 Å². The standard InChI is InChI=1S/C12H14F3NO4/c1-2-18-10-4-3-8(7-9(10)16)11(17)19-5-6-20-12(13,14)15/h3-4,7H,2,5-6,16H2,1H3. The van der Waals surface area contributed by atoms with Gasteiger partial charge in [-0.25, -0.2) is 4.79 Å². The predicted octanol–water partition coefficient (Wildman–Crippen LogP) is 2.36. The highest BCUT2D eigenvalue weighted by Crippen LogP contribution is 2.23. The van der Waals surface area contributed by atoms with Crippen molar-refractivity contribution in [3.63, 3.8) is 0 Å². The van der Waals surface area contributed by atoms with Crippen molar-refractivity contribution in [2.24, 2.45) is 0 Å². The third-order valence-corrected chi connectivity index (χ3v) is 2.13. The quantitative estimate of drug-likeness (QED) is 0.495. The first-order valence-electron chi connectivity index (χ1n) is 5.73. The van der Waals surface area contributed by atoms with Crippen LogP contribution in [0.15, 0.2) is 18.2 Å². The highest BCUT2D eigenvalue weighted by atomic mass is 19.4. The molecule has 5 nitrogen and oxygen atoms in total. The van der Waals surface area contributed by atoms with Gasteiger partial charge < -0.3 is 15.2 Å². The number of hydrogen-bond acceptors (Lipinski definition) is 5. The van der Waals surface area contributed by atoms with Crippen LogP contribution in [0.1, 0.15) is 17.3 Å². The van der Waals surface area contributed by atoms with E-state index in [1.54, 1.807) is 6.92 Å². The summed E-state index contributed by atoms with van der Waals surface area (Å²) in [6.45, 7) is 0.929. The van der Waals surface area contributed by atoms with E-state index in [0.717, 1.165) is 0 Å². The van der Waals surface area contributed by atoms with E-state index in [1.807, 2.05) is 0 Å². The zero-order valence-corrected chi connectivity index (χ0v) is 10.7. The van der Waals surface area contributed by atoms with Crippen molar-refractivity contribution in [1.82, 2.24) is 0 Å². The molecule has 0 radical (unpaired) electrons. The number of benzene rings is 1. The van der Waals surface area contributed by atoms with Crippen LogP contribution in [0.5, 0.6) is 5.75 Å². The van der Waals surface area contributed by atoms with Gasteiger partial charge in [-0.05, 0) is 25.1 Å². The summed E-state index contributed by atoms with van der Waals surface area (Å²) < 4.78 is 48.3. The topological polar surface area (TPSA) is 70.8 Å². The number of rotatable bonds is 6. The molecule has 8 heteroatoms. The summed E-state index contributed by atoms with van der Waals surface area (Å²) in [4.78, 5) is 11.5. The lowest BCUT2D eigenvalue weighted by molar-refractivity contribution is -0.326. The fourth-order valence-electron chi connectivity index (χ4n) is 1.34.